The lowest BCUT2D eigenvalue weighted by atomic mass is 10.1. The SMILES string of the molecule is Cc1cc([N+](=O)[O-])c(C)cc1OCCOCCS(=O)(=O)Cl. The summed E-state index contributed by atoms with van der Waals surface area (Å²) < 4.78 is 31.8. The Morgan fingerprint density at radius 1 is 1.19 bits per heavy atom. The molecule has 118 valence electrons. The summed E-state index contributed by atoms with van der Waals surface area (Å²) in [4.78, 5) is 10.3. The summed E-state index contributed by atoms with van der Waals surface area (Å²) in [5, 5.41) is 10.8. The summed E-state index contributed by atoms with van der Waals surface area (Å²) in [6.07, 6.45) is 0. The number of nitro benzene ring substituents is 1. The van der Waals surface area contributed by atoms with Crippen LogP contribution in [0.3, 0.4) is 0 Å². The summed E-state index contributed by atoms with van der Waals surface area (Å²) in [5.41, 5.74) is 1.20. The molecule has 0 spiro atoms. The van der Waals surface area contributed by atoms with Crippen molar-refractivity contribution in [2.75, 3.05) is 25.6 Å². The van der Waals surface area contributed by atoms with Crippen molar-refractivity contribution in [1.29, 1.82) is 0 Å². The Hall–Kier alpha value is -1.38. The van der Waals surface area contributed by atoms with Gasteiger partial charge in [-0.2, -0.15) is 0 Å². The van der Waals surface area contributed by atoms with Gasteiger partial charge in [0.05, 0.1) is 23.9 Å². The van der Waals surface area contributed by atoms with Crippen molar-refractivity contribution >= 4 is 25.4 Å². The van der Waals surface area contributed by atoms with E-state index in [0.717, 1.165) is 0 Å². The van der Waals surface area contributed by atoms with Crippen molar-refractivity contribution in [1.82, 2.24) is 0 Å². The van der Waals surface area contributed by atoms with E-state index in [9.17, 15) is 18.5 Å². The first-order valence-electron chi connectivity index (χ1n) is 6.09. The average Bonchev–Trinajstić information content (AvgIpc) is 2.35. The van der Waals surface area contributed by atoms with Crippen molar-refractivity contribution in [3.05, 3.63) is 33.4 Å². The van der Waals surface area contributed by atoms with E-state index in [4.69, 9.17) is 20.2 Å². The highest BCUT2D eigenvalue weighted by molar-refractivity contribution is 8.13. The number of aryl methyl sites for hydroxylation is 2. The third-order valence-electron chi connectivity index (χ3n) is 2.65. The second kappa shape index (κ2) is 7.58. The molecule has 0 unspecified atom stereocenters. The van der Waals surface area contributed by atoms with Crippen LogP contribution < -0.4 is 4.74 Å². The normalized spacial score (nSPS) is 11.4. The summed E-state index contributed by atoms with van der Waals surface area (Å²) in [6, 6.07) is 3.04. The second-order valence-corrected chi connectivity index (χ2v) is 7.26. The van der Waals surface area contributed by atoms with Crippen LogP contribution in [0, 0.1) is 24.0 Å². The van der Waals surface area contributed by atoms with Crippen LogP contribution in [0.5, 0.6) is 5.75 Å². The maximum Gasteiger partial charge on any atom is 0.272 e. The molecule has 1 aromatic rings. The Labute approximate surface area is 127 Å². The number of ether oxygens (including phenoxy) is 2. The van der Waals surface area contributed by atoms with Gasteiger partial charge >= 0.3 is 0 Å². The summed E-state index contributed by atoms with van der Waals surface area (Å²) >= 11 is 0. The molecule has 7 nitrogen and oxygen atoms in total. The maximum absolute atomic E-state index is 10.8. The van der Waals surface area contributed by atoms with Crippen molar-refractivity contribution in [3.63, 3.8) is 0 Å². The fraction of sp³-hybridized carbons (Fsp3) is 0.500. The van der Waals surface area contributed by atoms with Gasteiger partial charge in [0.1, 0.15) is 12.4 Å². The first-order chi connectivity index (χ1) is 9.70. The van der Waals surface area contributed by atoms with Gasteiger partial charge in [0.25, 0.3) is 5.69 Å². The fourth-order valence-corrected chi connectivity index (χ4v) is 2.10. The molecule has 0 aromatic heterocycles. The van der Waals surface area contributed by atoms with E-state index in [1.54, 1.807) is 19.9 Å². The minimum absolute atomic E-state index is 0.00648. The predicted molar refractivity (Wildman–Crippen MR) is 78.5 cm³/mol. The van der Waals surface area contributed by atoms with Gasteiger partial charge in [0.15, 0.2) is 0 Å². The Kier molecular flexibility index (Phi) is 6.38. The molecule has 1 aromatic carbocycles. The first-order valence-corrected chi connectivity index (χ1v) is 8.57. The molecule has 9 heteroatoms. The second-order valence-electron chi connectivity index (χ2n) is 4.37. The molecule has 0 bridgehead atoms. The Morgan fingerprint density at radius 2 is 1.86 bits per heavy atom. The Morgan fingerprint density at radius 3 is 2.43 bits per heavy atom. The van der Waals surface area contributed by atoms with Gasteiger partial charge in [0, 0.05) is 22.3 Å². The van der Waals surface area contributed by atoms with Crippen molar-refractivity contribution in [3.8, 4) is 5.75 Å². The van der Waals surface area contributed by atoms with Crippen molar-refractivity contribution in [2.24, 2.45) is 0 Å². The summed E-state index contributed by atoms with van der Waals surface area (Å²) in [6.45, 7) is 3.74. The highest BCUT2D eigenvalue weighted by atomic mass is 35.7. The monoisotopic (exact) mass is 337 g/mol. The number of hydrogen-bond donors (Lipinski definition) is 0. The minimum Gasteiger partial charge on any atom is -0.491 e. The number of hydrogen-bond acceptors (Lipinski definition) is 6. The number of nitrogens with zero attached hydrogens (tertiary/aromatic N) is 1. The lowest BCUT2D eigenvalue weighted by Crippen LogP contribution is -2.12. The largest absolute Gasteiger partial charge is 0.491 e. The molecular weight excluding hydrogens is 322 g/mol. The van der Waals surface area contributed by atoms with E-state index in [0.29, 0.717) is 16.9 Å². The van der Waals surface area contributed by atoms with Crippen LogP contribution in [0.15, 0.2) is 12.1 Å². The molecule has 0 saturated heterocycles. The van der Waals surface area contributed by atoms with E-state index < -0.39 is 14.0 Å². The molecule has 0 aliphatic carbocycles. The van der Waals surface area contributed by atoms with Crippen LogP contribution in [0.1, 0.15) is 11.1 Å². The zero-order valence-corrected chi connectivity index (χ0v) is 13.2. The minimum atomic E-state index is -3.55. The lowest BCUT2D eigenvalue weighted by Gasteiger charge is -2.10. The van der Waals surface area contributed by atoms with Gasteiger partial charge < -0.3 is 9.47 Å². The molecule has 0 aliphatic rings. The van der Waals surface area contributed by atoms with E-state index >= 15 is 0 Å². The van der Waals surface area contributed by atoms with Crippen LogP contribution >= 0.6 is 10.7 Å². The highest BCUT2D eigenvalue weighted by Crippen LogP contribution is 2.27. The van der Waals surface area contributed by atoms with E-state index in [2.05, 4.69) is 0 Å². The fourth-order valence-electron chi connectivity index (χ4n) is 1.60. The number of benzene rings is 1. The van der Waals surface area contributed by atoms with Crippen molar-refractivity contribution < 1.29 is 22.8 Å². The molecule has 0 saturated carbocycles. The highest BCUT2D eigenvalue weighted by Gasteiger charge is 2.14. The standard InChI is InChI=1S/C12H16ClNO6S/c1-9-8-12(10(2)7-11(9)14(15)16)20-4-3-19-5-6-21(13,17)18/h7-8H,3-6H2,1-2H3. The third kappa shape index (κ3) is 6.28. The van der Waals surface area contributed by atoms with Gasteiger partial charge in [-0.1, -0.05) is 0 Å². The molecule has 1 rings (SSSR count). The molecule has 0 aliphatic heterocycles. The van der Waals surface area contributed by atoms with Gasteiger partial charge in [-0.25, -0.2) is 8.42 Å². The quantitative estimate of drug-likeness (QED) is 0.312. The smallest absolute Gasteiger partial charge is 0.272 e. The van der Waals surface area contributed by atoms with Gasteiger partial charge in [0.2, 0.25) is 9.05 Å². The molecule has 21 heavy (non-hydrogen) atoms. The molecular formula is C12H16ClNO6S. The summed E-state index contributed by atoms with van der Waals surface area (Å²) in [7, 11) is 1.48. The van der Waals surface area contributed by atoms with Crippen LogP contribution in [0.25, 0.3) is 0 Å². The van der Waals surface area contributed by atoms with Crippen molar-refractivity contribution in [2.45, 2.75) is 13.8 Å². The van der Waals surface area contributed by atoms with Crippen LogP contribution in [0.4, 0.5) is 5.69 Å². The number of halogens is 1. The van der Waals surface area contributed by atoms with Gasteiger partial charge in [-0.15, -0.1) is 0 Å². The molecule has 0 atom stereocenters. The topological polar surface area (TPSA) is 95.7 Å². The number of rotatable bonds is 8. The van der Waals surface area contributed by atoms with E-state index in [1.165, 1.54) is 6.07 Å². The lowest BCUT2D eigenvalue weighted by molar-refractivity contribution is -0.385. The molecule has 0 radical (unpaired) electrons. The van der Waals surface area contributed by atoms with Gasteiger partial charge in [-0.05, 0) is 25.5 Å². The maximum atomic E-state index is 10.8. The van der Waals surface area contributed by atoms with Crippen LogP contribution in [-0.4, -0.2) is 38.9 Å². The molecule has 0 fully saturated rings. The average molecular weight is 338 g/mol. The zero-order chi connectivity index (χ0) is 16.0. The molecule has 0 N–H and O–H groups in total. The van der Waals surface area contributed by atoms with Crippen LogP contribution in [-0.2, 0) is 13.8 Å². The predicted octanol–water partition coefficient (Wildman–Crippen LogP) is 2.18. The zero-order valence-electron chi connectivity index (χ0n) is 11.7. The number of nitro groups is 1. The van der Waals surface area contributed by atoms with Gasteiger partial charge in [-0.3, -0.25) is 10.1 Å². The van der Waals surface area contributed by atoms with Crippen LogP contribution in [0.2, 0.25) is 0 Å². The molecule has 0 amide bonds. The van der Waals surface area contributed by atoms with E-state index in [1.807, 2.05) is 0 Å². The Balaban J connectivity index is 2.46. The first kappa shape index (κ1) is 17.7. The van der Waals surface area contributed by atoms with E-state index in [-0.39, 0.29) is 31.3 Å². The Bertz CT molecular complexity index is 616. The third-order valence-corrected chi connectivity index (χ3v) is 3.76. The molecule has 0 heterocycles. The summed E-state index contributed by atoms with van der Waals surface area (Å²) in [5.74, 6) is 0.274.